The lowest BCUT2D eigenvalue weighted by Crippen LogP contribution is -2.28. The number of rotatable bonds is 7. The molecule has 0 bridgehead atoms. The fourth-order valence-electron chi connectivity index (χ4n) is 3.44. The van der Waals surface area contributed by atoms with E-state index in [9.17, 15) is 4.79 Å². The van der Waals surface area contributed by atoms with Gasteiger partial charge in [-0.15, -0.1) is 0 Å². The van der Waals surface area contributed by atoms with Crippen molar-refractivity contribution in [1.82, 2.24) is 4.90 Å². The number of fused-ring (bicyclic) bond motifs is 1. The second-order valence-corrected chi connectivity index (χ2v) is 6.53. The number of nitrogens with zero attached hydrogens (tertiary/aromatic N) is 1. The Kier molecular flexibility index (Phi) is 6.12. The van der Waals surface area contributed by atoms with Crippen LogP contribution in [0.1, 0.15) is 16.7 Å². The quantitative estimate of drug-likeness (QED) is 0.777. The Hall–Kier alpha value is -2.53. The van der Waals surface area contributed by atoms with Crippen LogP contribution in [0.5, 0.6) is 11.5 Å². The first-order valence-electron chi connectivity index (χ1n) is 8.98. The number of carbonyl (C=O) groups is 1. The second-order valence-electron chi connectivity index (χ2n) is 6.53. The van der Waals surface area contributed by atoms with Crippen LogP contribution in [0.2, 0.25) is 0 Å². The highest BCUT2D eigenvalue weighted by Crippen LogP contribution is 2.32. The summed E-state index contributed by atoms with van der Waals surface area (Å²) in [7, 11) is 3.37. The maximum Gasteiger partial charge on any atom is 0.211 e. The molecule has 0 spiro atoms. The molecule has 0 unspecified atom stereocenters. The first-order chi connectivity index (χ1) is 12.7. The third-order valence-electron chi connectivity index (χ3n) is 5.00. The predicted molar refractivity (Wildman–Crippen MR) is 103 cm³/mol. The molecule has 0 saturated heterocycles. The number of amides is 1. The lowest BCUT2D eigenvalue weighted by Gasteiger charge is -2.19. The average molecular weight is 354 g/mol. The van der Waals surface area contributed by atoms with Crippen molar-refractivity contribution in [2.45, 2.75) is 19.3 Å². The van der Waals surface area contributed by atoms with Gasteiger partial charge in [-0.05, 0) is 60.2 Å². The fourth-order valence-corrected chi connectivity index (χ4v) is 3.44. The molecule has 1 N–H and O–H groups in total. The molecule has 138 valence electrons. The SMILES string of the molecule is COc1cc2c(cc1OC)CCN(CCc1ccc(NC=O)cc1)CC2. The van der Waals surface area contributed by atoms with Crippen molar-refractivity contribution < 1.29 is 14.3 Å². The first-order valence-corrected chi connectivity index (χ1v) is 8.98. The number of carbonyl (C=O) groups excluding carboxylic acids is 1. The number of ether oxygens (including phenoxy) is 2. The van der Waals surface area contributed by atoms with Crippen molar-refractivity contribution in [3.63, 3.8) is 0 Å². The fraction of sp³-hybridized carbons (Fsp3) is 0.381. The molecule has 1 amide bonds. The molecule has 1 aliphatic heterocycles. The standard InChI is InChI=1S/C21H26N2O3/c1-25-20-13-17-8-11-23(12-9-18(17)14-21(20)26-2)10-7-16-3-5-19(6-4-16)22-15-24/h3-6,13-15H,7-12H2,1-2H3,(H,22,24). The van der Waals surface area contributed by atoms with E-state index in [4.69, 9.17) is 9.47 Å². The van der Waals surface area contributed by atoms with Gasteiger partial charge in [0.15, 0.2) is 11.5 Å². The van der Waals surface area contributed by atoms with E-state index in [1.54, 1.807) is 14.2 Å². The zero-order valence-electron chi connectivity index (χ0n) is 15.5. The summed E-state index contributed by atoms with van der Waals surface area (Å²) < 4.78 is 10.9. The minimum Gasteiger partial charge on any atom is -0.493 e. The van der Waals surface area contributed by atoms with Gasteiger partial charge in [0.25, 0.3) is 0 Å². The van der Waals surface area contributed by atoms with Crippen LogP contribution >= 0.6 is 0 Å². The van der Waals surface area contributed by atoms with Crippen LogP contribution in [-0.4, -0.2) is 45.2 Å². The zero-order chi connectivity index (χ0) is 18.4. The molecule has 2 aromatic carbocycles. The summed E-state index contributed by atoms with van der Waals surface area (Å²) in [6.45, 7) is 3.13. The molecule has 0 radical (unpaired) electrons. The van der Waals surface area contributed by atoms with Crippen LogP contribution in [-0.2, 0) is 24.1 Å². The molecule has 3 rings (SSSR count). The molecule has 5 nitrogen and oxygen atoms in total. The summed E-state index contributed by atoms with van der Waals surface area (Å²) in [5, 5.41) is 2.67. The zero-order valence-corrected chi connectivity index (χ0v) is 15.5. The molecule has 2 aromatic rings. The molecule has 0 aliphatic carbocycles. The van der Waals surface area contributed by atoms with Crippen molar-refractivity contribution in [3.8, 4) is 11.5 Å². The highest BCUT2D eigenvalue weighted by molar-refractivity contribution is 5.71. The van der Waals surface area contributed by atoms with Crippen LogP contribution in [0.25, 0.3) is 0 Å². The van der Waals surface area contributed by atoms with Crippen LogP contribution in [0.15, 0.2) is 36.4 Å². The summed E-state index contributed by atoms with van der Waals surface area (Å²) in [4.78, 5) is 13.0. The highest BCUT2D eigenvalue weighted by atomic mass is 16.5. The Morgan fingerprint density at radius 2 is 1.58 bits per heavy atom. The normalized spacial score (nSPS) is 14.2. The van der Waals surface area contributed by atoms with E-state index >= 15 is 0 Å². The summed E-state index contributed by atoms with van der Waals surface area (Å²) in [5.41, 5.74) is 4.83. The Morgan fingerprint density at radius 1 is 1.00 bits per heavy atom. The summed E-state index contributed by atoms with van der Waals surface area (Å²) in [5.74, 6) is 1.62. The van der Waals surface area contributed by atoms with E-state index in [0.717, 1.165) is 56.1 Å². The van der Waals surface area contributed by atoms with Crippen molar-refractivity contribution in [3.05, 3.63) is 53.1 Å². The average Bonchev–Trinajstić information content (AvgIpc) is 2.88. The van der Waals surface area contributed by atoms with Crippen LogP contribution in [0.3, 0.4) is 0 Å². The summed E-state index contributed by atoms with van der Waals surface area (Å²) in [6.07, 6.45) is 3.76. The minimum atomic E-state index is 0.702. The van der Waals surface area contributed by atoms with E-state index in [0.29, 0.717) is 6.41 Å². The monoisotopic (exact) mass is 354 g/mol. The number of anilines is 1. The number of hydrogen-bond acceptors (Lipinski definition) is 4. The smallest absolute Gasteiger partial charge is 0.211 e. The van der Waals surface area contributed by atoms with E-state index in [-0.39, 0.29) is 0 Å². The molecule has 26 heavy (non-hydrogen) atoms. The lowest BCUT2D eigenvalue weighted by atomic mass is 10.0. The number of benzene rings is 2. The van der Waals surface area contributed by atoms with Crippen molar-refractivity contribution >= 4 is 12.1 Å². The number of nitrogens with one attached hydrogen (secondary N) is 1. The third-order valence-corrected chi connectivity index (χ3v) is 5.00. The number of hydrogen-bond donors (Lipinski definition) is 1. The van der Waals surface area contributed by atoms with Gasteiger partial charge in [0.05, 0.1) is 14.2 Å². The van der Waals surface area contributed by atoms with Crippen LogP contribution in [0, 0.1) is 0 Å². The summed E-state index contributed by atoms with van der Waals surface area (Å²) >= 11 is 0. The van der Waals surface area contributed by atoms with Gasteiger partial charge in [0, 0.05) is 25.3 Å². The Morgan fingerprint density at radius 3 is 2.08 bits per heavy atom. The minimum absolute atomic E-state index is 0.702. The van der Waals surface area contributed by atoms with E-state index < -0.39 is 0 Å². The third kappa shape index (κ3) is 4.35. The van der Waals surface area contributed by atoms with Gasteiger partial charge in [-0.25, -0.2) is 0 Å². The Balaban J connectivity index is 1.59. The van der Waals surface area contributed by atoms with Crippen LogP contribution in [0.4, 0.5) is 5.69 Å². The van der Waals surface area contributed by atoms with Gasteiger partial charge in [-0.1, -0.05) is 12.1 Å². The van der Waals surface area contributed by atoms with Crippen LogP contribution < -0.4 is 14.8 Å². The Labute approximate surface area is 154 Å². The molecular formula is C21H26N2O3. The molecule has 0 saturated carbocycles. The molecule has 5 heteroatoms. The molecule has 0 fully saturated rings. The molecule has 1 heterocycles. The van der Waals surface area contributed by atoms with Crippen molar-refractivity contribution in [2.24, 2.45) is 0 Å². The number of methoxy groups -OCH3 is 2. The van der Waals surface area contributed by atoms with Gasteiger partial charge in [-0.3, -0.25) is 4.79 Å². The van der Waals surface area contributed by atoms with Gasteiger partial charge in [0.2, 0.25) is 6.41 Å². The van der Waals surface area contributed by atoms with Gasteiger partial charge in [-0.2, -0.15) is 0 Å². The Bertz CT molecular complexity index is 709. The van der Waals surface area contributed by atoms with E-state index in [1.165, 1.54) is 16.7 Å². The molecule has 0 aromatic heterocycles. The van der Waals surface area contributed by atoms with E-state index in [1.807, 2.05) is 12.1 Å². The highest BCUT2D eigenvalue weighted by Gasteiger charge is 2.17. The van der Waals surface area contributed by atoms with Gasteiger partial charge in [0.1, 0.15) is 0 Å². The second kappa shape index (κ2) is 8.72. The molecular weight excluding hydrogens is 328 g/mol. The topological polar surface area (TPSA) is 50.8 Å². The molecule has 1 aliphatic rings. The lowest BCUT2D eigenvalue weighted by molar-refractivity contribution is -0.105. The maximum absolute atomic E-state index is 10.5. The van der Waals surface area contributed by atoms with Crippen molar-refractivity contribution in [2.75, 3.05) is 39.2 Å². The largest absolute Gasteiger partial charge is 0.493 e. The predicted octanol–water partition coefficient (Wildman–Crippen LogP) is 2.92. The van der Waals surface area contributed by atoms with E-state index in [2.05, 4.69) is 34.5 Å². The van der Waals surface area contributed by atoms with Crippen molar-refractivity contribution in [1.29, 1.82) is 0 Å². The summed E-state index contributed by atoms with van der Waals surface area (Å²) in [6, 6.07) is 12.3. The first kappa shape index (κ1) is 18.3. The maximum atomic E-state index is 10.5. The van der Waals surface area contributed by atoms with Gasteiger partial charge >= 0.3 is 0 Å². The van der Waals surface area contributed by atoms with Gasteiger partial charge < -0.3 is 19.7 Å². The molecule has 0 atom stereocenters.